The number of nitrogens with zero attached hydrogens (tertiary/aromatic N) is 1. The minimum absolute atomic E-state index is 0.0340. The molecule has 0 spiro atoms. The zero-order chi connectivity index (χ0) is 16.7. The van der Waals surface area contributed by atoms with Crippen LogP contribution in [0.2, 0.25) is 0 Å². The highest BCUT2D eigenvalue weighted by Gasteiger charge is 2.33. The van der Waals surface area contributed by atoms with Crippen molar-refractivity contribution in [3.8, 4) is 0 Å². The first kappa shape index (κ1) is 18.1. The van der Waals surface area contributed by atoms with Crippen molar-refractivity contribution in [1.29, 1.82) is 5.41 Å². The van der Waals surface area contributed by atoms with Gasteiger partial charge in [0.25, 0.3) is 0 Å². The van der Waals surface area contributed by atoms with Crippen LogP contribution in [0.3, 0.4) is 0 Å². The van der Waals surface area contributed by atoms with Crippen LogP contribution in [0.4, 0.5) is 0 Å². The Kier molecular flexibility index (Phi) is 7.17. The maximum atomic E-state index is 12.4. The summed E-state index contributed by atoms with van der Waals surface area (Å²) in [4.78, 5) is 26.5. The summed E-state index contributed by atoms with van der Waals surface area (Å²) in [5.74, 6) is 0.0563. The number of carbonyl (C=O) groups excluding carboxylic acids is 2. The van der Waals surface area contributed by atoms with Gasteiger partial charge in [0.2, 0.25) is 11.8 Å². The zero-order valence-electron chi connectivity index (χ0n) is 14.1. The molecule has 130 valence electrons. The molecule has 2 amide bonds. The first-order chi connectivity index (χ1) is 11.1. The van der Waals surface area contributed by atoms with E-state index in [1.54, 1.807) is 0 Å². The zero-order valence-corrected chi connectivity index (χ0v) is 14.1. The monoisotopic (exact) mass is 323 g/mol. The van der Waals surface area contributed by atoms with Gasteiger partial charge in [-0.25, -0.2) is 0 Å². The largest absolute Gasteiger partial charge is 0.381 e. The van der Waals surface area contributed by atoms with Gasteiger partial charge in [-0.3, -0.25) is 19.8 Å². The van der Waals surface area contributed by atoms with Crippen molar-refractivity contribution in [2.45, 2.75) is 57.9 Å². The molecule has 6 nitrogen and oxygen atoms in total. The summed E-state index contributed by atoms with van der Waals surface area (Å²) in [6.07, 6.45) is 5.42. The van der Waals surface area contributed by atoms with E-state index in [1.165, 1.54) is 0 Å². The van der Waals surface area contributed by atoms with Crippen molar-refractivity contribution in [3.05, 3.63) is 0 Å². The van der Waals surface area contributed by atoms with E-state index in [2.05, 4.69) is 10.2 Å². The van der Waals surface area contributed by atoms with E-state index in [0.29, 0.717) is 18.1 Å². The fourth-order valence-corrected chi connectivity index (χ4v) is 3.45. The number of ether oxygens (including phenoxy) is 1. The molecule has 0 saturated carbocycles. The number of nitrogens with one attached hydrogen (secondary N) is 2. The highest BCUT2D eigenvalue weighted by molar-refractivity contribution is 6.06. The molecule has 0 radical (unpaired) electrons. The minimum Gasteiger partial charge on any atom is -0.381 e. The van der Waals surface area contributed by atoms with Gasteiger partial charge in [0, 0.05) is 25.5 Å². The van der Waals surface area contributed by atoms with E-state index in [0.717, 1.165) is 58.4 Å². The van der Waals surface area contributed by atoms with Gasteiger partial charge in [-0.15, -0.1) is 0 Å². The summed E-state index contributed by atoms with van der Waals surface area (Å²) in [6, 6.07) is -0.192. The van der Waals surface area contributed by atoms with Gasteiger partial charge >= 0.3 is 0 Å². The first-order valence-electron chi connectivity index (χ1n) is 8.82. The van der Waals surface area contributed by atoms with Crippen LogP contribution >= 0.6 is 0 Å². The van der Waals surface area contributed by atoms with Crippen LogP contribution in [0.1, 0.15) is 51.9 Å². The second-order valence-electron chi connectivity index (χ2n) is 6.65. The molecule has 2 heterocycles. The molecule has 0 bridgehead atoms. The molecule has 0 aromatic carbocycles. The summed E-state index contributed by atoms with van der Waals surface area (Å²) in [6.45, 7) is 5.45. The van der Waals surface area contributed by atoms with Crippen LogP contribution in [0.15, 0.2) is 0 Å². The van der Waals surface area contributed by atoms with Crippen molar-refractivity contribution < 1.29 is 14.3 Å². The Balaban J connectivity index is 1.80. The maximum Gasteiger partial charge on any atom is 0.243 e. The summed E-state index contributed by atoms with van der Waals surface area (Å²) in [5, 5.41) is 10.2. The van der Waals surface area contributed by atoms with Crippen LogP contribution < -0.4 is 5.32 Å². The van der Waals surface area contributed by atoms with Crippen LogP contribution in [-0.2, 0) is 14.3 Å². The molecule has 6 heteroatoms. The van der Waals surface area contributed by atoms with Crippen LogP contribution in [0.5, 0.6) is 0 Å². The van der Waals surface area contributed by atoms with Gasteiger partial charge in [-0.1, -0.05) is 13.3 Å². The number of rotatable bonds is 7. The van der Waals surface area contributed by atoms with Gasteiger partial charge in [0.15, 0.2) is 0 Å². The van der Waals surface area contributed by atoms with Gasteiger partial charge in [0.05, 0.1) is 12.5 Å². The predicted molar refractivity (Wildman–Crippen MR) is 88.5 cm³/mol. The topological polar surface area (TPSA) is 82.5 Å². The Morgan fingerprint density at radius 3 is 2.70 bits per heavy atom. The number of amides is 2. The lowest BCUT2D eigenvalue weighted by atomic mass is 9.99. The van der Waals surface area contributed by atoms with E-state index in [9.17, 15) is 9.59 Å². The van der Waals surface area contributed by atoms with Crippen LogP contribution in [0.25, 0.3) is 0 Å². The fraction of sp³-hybridized carbons (Fsp3) is 0.824. The molecule has 2 N–H and O–H groups in total. The summed E-state index contributed by atoms with van der Waals surface area (Å²) < 4.78 is 5.39. The summed E-state index contributed by atoms with van der Waals surface area (Å²) >= 11 is 0. The van der Waals surface area contributed by atoms with E-state index < -0.39 is 0 Å². The summed E-state index contributed by atoms with van der Waals surface area (Å²) in [5.41, 5.74) is 0.392. The molecule has 0 aliphatic carbocycles. The van der Waals surface area contributed by atoms with E-state index in [4.69, 9.17) is 10.1 Å². The molecule has 1 atom stereocenters. The lowest BCUT2D eigenvalue weighted by Gasteiger charge is -2.30. The number of carbonyl (C=O) groups is 2. The van der Waals surface area contributed by atoms with Gasteiger partial charge in [-0.05, 0) is 44.6 Å². The van der Waals surface area contributed by atoms with E-state index in [-0.39, 0.29) is 24.3 Å². The maximum absolute atomic E-state index is 12.4. The lowest BCUT2D eigenvalue weighted by Crippen LogP contribution is -2.47. The fourth-order valence-electron chi connectivity index (χ4n) is 3.45. The highest BCUT2D eigenvalue weighted by Crippen LogP contribution is 2.23. The average Bonchev–Trinajstić information content (AvgIpc) is 2.96. The first-order valence-corrected chi connectivity index (χ1v) is 8.82. The normalized spacial score (nSPS) is 22.9. The molecule has 2 rings (SSSR count). The average molecular weight is 323 g/mol. The molecule has 23 heavy (non-hydrogen) atoms. The molecule has 1 unspecified atom stereocenters. The predicted octanol–water partition coefficient (Wildman–Crippen LogP) is 1.73. The molecule has 2 saturated heterocycles. The van der Waals surface area contributed by atoms with Gasteiger partial charge in [0.1, 0.15) is 0 Å². The Morgan fingerprint density at radius 2 is 2.00 bits per heavy atom. The van der Waals surface area contributed by atoms with Crippen molar-refractivity contribution in [2.75, 3.05) is 26.3 Å². The smallest absolute Gasteiger partial charge is 0.243 e. The third kappa shape index (κ3) is 5.70. The molecule has 2 aliphatic heterocycles. The minimum atomic E-state index is -0.341. The molecular formula is C17H29N3O3. The van der Waals surface area contributed by atoms with Crippen LogP contribution in [0, 0.1) is 11.3 Å². The number of likely N-dealkylation sites (tertiary alicyclic amines) is 1. The SMILES string of the molecule is CCCC(=N)CC(=O)NC(=O)C1CCCN1CC1CCOCC1. The summed E-state index contributed by atoms with van der Waals surface area (Å²) in [7, 11) is 0. The molecule has 2 aliphatic rings. The van der Waals surface area contributed by atoms with Crippen molar-refractivity contribution >= 4 is 17.5 Å². The lowest BCUT2D eigenvalue weighted by molar-refractivity contribution is -0.132. The Bertz CT molecular complexity index is 433. The quantitative estimate of drug-likeness (QED) is 0.699. The number of imide groups is 1. The van der Waals surface area contributed by atoms with Gasteiger partial charge < -0.3 is 10.1 Å². The molecule has 0 aromatic heterocycles. The van der Waals surface area contributed by atoms with E-state index >= 15 is 0 Å². The standard InChI is InChI=1S/C17H29N3O3/c1-2-4-14(18)11-16(21)19-17(22)15-5-3-8-20(15)12-13-6-9-23-10-7-13/h13,15,18H,2-12H2,1H3,(H,19,21,22). The molecule has 2 fully saturated rings. The number of hydrogen-bond acceptors (Lipinski definition) is 5. The third-order valence-electron chi connectivity index (χ3n) is 4.69. The molecule has 0 aromatic rings. The van der Waals surface area contributed by atoms with Gasteiger partial charge in [-0.2, -0.15) is 0 Å². The van der Waals surface area contributed by atoms with Crippen molar-refractivity contribution in [1.82, 2.24) is 10.2 Å². The van der Waals surface area contributed by atoms with Crippen molar-refractivity contribution in [3.63, 3.8) is 0 Å². The second-order valence-corrected chi connectivity index (χ2v) is 6.65. The Morgan fingerprint density at radius 1 is 1.26 bits per heavy atom. The highest BCUT2D eigenvalue weighted by atomic mass is 16.5. The number of hydrogen-bond donors (Lipinski definition) is 2. The third-order valence-corrected chi connectivity index (χ3v) is 4.69. The Hall–Kier alpha value is -1.27. The van der Waals surface area contributed by atoms with Crippen LogP contribution in [-0.4, -0.2) is 54.8 Å². The molecular weight excluding hydrogens is 294 g/mol. The Labute approximate surface area is 138 Å². The van der Waals surface area contributed by atoms with E-state index in [1.807, 2.05) is 6.92 Å². The van der Waals surface area contributed by atoms with Crippen molar-refractivity contribution in [2.24, 2.45) is 5.92 Å². The second kappa shape index (κ2) is 9.13.